The Bertz CT molecular complexity index is 630. The van der Waals surface area contributed by atoms with Crippen LogP contribution in [0.2, 0.25) is 0 Å². The minimum atomic E-state index is -0.362. The first-order valence-corrected chi connectivity index (χ1v) is 7.49. The molecule has 2 aromatic rings. The van der Waals surface area contributed by atoms with E-state index in [1.807, 2.05) is 32.0 Å². The van der Waals surface area contributed by atoms with Crippen LogP contribution in [0.15, 0.2) is 22.7 Å². The fraction of sp³-hybridized carbons (Fsp3) is 0.500. The first kappa shape index (κ1) is 14.1. The van der Waals surface area contributed by atoms with Crippen molar-refractivity contribution in [1.82, 2.24) is 10.1 Å². The molecule has 0 radical (unpaired) electrons. The summed E-state index contributed by atoms with van der Waals surface area (Å²) in [5.74, 6) is 1.20. The molecule has 1 aromatic heterocycles. The first-order valence-electron chi connectivity index (χ1n) is 7.49. The molecule has 112 valence electrons. The van der Waals surface area contributed by atoms with Gasteiger partial charge in [0.2, 0.25) is 5.82 Å². The maximum atomic E-state index is 5.96. The highest BCUT2D eigenvalue weighted by Gasteiger charge is 2.40. The molecule has 0 amide bonds. The van der Waals surface area contributed by atoms with Gasteiger partial charge in [0, 0.05) is 17.9 Å². The number of ether oxygens (including phenoxy) is 1. The topological polar surface area (TPSA) is 74.2 Å². The van der Waals surface area contributed by atoms with Gasteiger partial charge in [-0.15, -0.1) is 0 Å². The van der Waals surface area contributed by atoms with Crippen molar-refractivity contribution in [3.63, 3.8) is 0 Å². The SMILES string of the molecule is CCOC1(c2noc(-c3ccc(N)c(C)c3)n2)CCCC1. The van der Waals surface area contributed by atoms with E-state index in [4.69, 9.17) is 15.0 Å². The summed E-state index contributed by atoms with van der Waals surface area (Å²) in [6, 6.07) is 5.73. The summed E-state index contributed by atoms with van der Waals surface area (Å²) in [6.45, 7) is 4.63. The second kappa shape index (κ2) is 5.48. The lowest BCUT2D eigenvalue weighted by molar-refractivity contribution is -0.0469. The van der Waals surface area contributed by atoms with Gasteiger partial charge in [0.1, 0.15) is 5.60 Å². The van der Waals surface area contributed by atoms with Crippen molar-refractivity contribution in [2.24, 2.45) is 0 Å². The van der Waals surface area contributed by atoms with Gasteiger partial charge in [-0.1, -0.05) is 5.16 Å². The zero-order valence-corrected chi connectivity index (χ0v) is 12.6. The smallest absolute Gasteiger partial charge is 0.258 e. The van der Waals surface area contributed by atoms with Gasteiger partial charge in [-0.2, -0.15) is 4.98 Å². The van der Waals surface area contributed by atoms with Gasteiger partial charge in [0.15, 0.2) is 0 Å². The Labute approximate surface area is 124 Å². The Morgan fingerprint density at radius 1 is 1.33 bits per heavy atom. The van der Waals surface area contributed by atoms with Crippen LogP contribution in [0.3, 0.4) is 0 Å². The van der Waals surface area contributed by atoms with E-state index >= 15 is 0 Å². The second-order valence-corrected chi connectivity index (χ2v) is 5.63. The van der Waals surface area contributed by atoms with Crippen molar-refractivity contribution >= 4 is 5.69 Å². The molecular formula is C16H21N3O2. The molecule has 21 heavy (non-hydrogen) atoms. The number of aryl methyl sites for hydroxylation is 1. The van der Waals surface area contributed by atoms with Crippen molar-refractivity contribution in [2.45, 2.75) is 45.1 Å². The summed E-state index contributed by atoms with van der Waals surface area (Å²) in [5, 5.41) is 4.18. The molecule has 0 aliphatic heterocycles. The van der Waals surface area contributed by atoms with Crippen molar-refractivity contribution in [2.75, 3.05) is 12.3 Å². The summed E-state index contributed by atoms with van der Waals surface area (Å²) in [7, 11) is 0. The van der Waals surface area contributed by atoms with Gasteiger partial charge in [-0.25, -0.2) is 0 Å². The van der Waals surface area contributed by atoms with Crippen LogP contribution in [0.1, 0.15) is 44.0 Å². The lowest BCUT2D eigenvalue weighted by Gasteiger charge is -2.24. The van der Waals surface area contributed by atoms with E-state index in [0.29, 0.717) is 18.3 Å². The van der Waals surface area contributed by atoms with Crippen LogP contribution in [0, 0.1) is 6.92 Å². The van der Waals surface area contributed by atoms with Crippen LogP contribution in [0.4, 0.5) is 5.69 Å². The quantitative estimate of drug-likeness (QED) is 0.872. The van der Waals surface area contributed by atoms with E-state index in [0.717, 1.165) is 42.5 Å². The number of hydrogen-bond donors (Lipinski definition) is 1. The normalized spacial score (nSPS) is 17.2. The maximum Gasteiger partial charge on any atom is 0.258 e. The molecule has 0 unspecified atom stereocenters. The summed E-state index contributed by atoms with van der Waals surface area (Å²) in [5.41, 5.74) is 8.15. The largest absolute Gasteiger partial charge is 0.399 e. The molecule has 5 heteroatoms. The lowest BCUT2D eigenvalue weighted by Crippen LogP contribution is -2.27. The van der Waals surface area contributed by atoms with E-state index in [9.17, 15) is 0 Å². The number of benzene rings is 1. The molecule has 1 aromatic carbocycles. The van der Waals surface area contributed by atoms with E-state index in [2.05, 4.69) is 10.1 Å². The van der Waals surface area contributed by atoms with E-state index in [-0.39, 0.29) is 5.60 Å². The third kappa shape index (κ3) is 2.53. The van der Waals surface area contributed by atoms with Gasteiger partial charge in [0.25, 0.3) is 5.89 Å². The highest BCUT2D eigenvalue weighted by atomic mass is 16.5. The number of hydrogen-bond acceptors (Lipinski definition) is 5. The Morgan fingerprint density at radius 3 is 2.76 bits per heavy atom. The van der Waals surface area contributed by atoms with Crippen molar-refractivity contribution in [1.29, 1.82) is 0 Å². The van der Waals surface area contributed by atoms with Crippen molar-refractivity contribution < 1.29 is 9.26 Å². The number of nitrogens with two attached hydrogens (primary N) is 1. The van der Waals surface area contributed by atoms with E-state index in [1.165, 1.54) is 0 Å². The van der Waals surface area contributed by atoms with Crippen LogP contribution in [-0.4, -0.2) is 16.7 Å². The number of nitrogen functional groups attached to an aromatic ring is 1. The first-order chi connectivity index (χ1) is 10.1. The third-order valence-corrected chi connectivity index (χ3v) is 4.18. The molecule has 3 rings (SSSR count). The summed E-state index contributed by atoms with van der Waals surface area (Å²) >= 11 is 0. The Kier molecular flexibility index (Phi) is 3.68. The van der Waals surface area contributed by atoms with Gasteiger partial charge >= 0.3 is 0 Å². The van der Waals surface area contributed by atoms with E-state index in [1.54, 1.807) is 0 Å². The van der Waals surface area contributed by atoms with Crippen LogP contribution < -0.4 is 5.73 Å². The van der Waals surface area contributed by atoms with Gasteiger partial charge in [-0.3, -0.25) is 0 Å². The molecule has 1 fully saturated rings. The minimum Gasteiger partial charge on any atom is -0.399 e. The minimum absolute atomic E-state index is 0.362. The van der Waals surface area contributed by atoms with E-state index < -0.39 is 0 Å². The maximum absolute atomic E-state index is 5.96. The van der Waals surface area contributed by atoms with Crippen LogP contribution in [0.5, 0.6) is 0 Å². The molecule has 1 saturated carbocycles. The molecule has 0 bridgehead atoms. The fourth-order valence-electron chi connectivity index (χ4n) is 2.99. The number of nitrogens with zero attached hydrogens (tertiary/aromatic N) is 2. The fourth-order valence-corrected chi connectivity index (χ4v) is 2.99. The average Bonchev–Trinajstić information content (AvgIpc) is 3.12. The average molecular weight is 287 g/mol. The molecule has 0 spiro atoms. The van der Waals surface area contributed by atoms with Crippen LogP contribution in [-0.2, 0) is 10.3 Å². The van der Waals surface area contributed by atoms with Crippen LogP contribution >= 0.6 is 0 Å². The predicted octanol–water partition coefficient (Wildman–Crippen LogP) is 3.43. The van der Waals surface area contributed by atoms with Crippen LogP contribution in [0.25, 0.3) is 11.5 Å². The summed E-state index contributed by atoms with van der Waals surface area (Å²) in [6.07, 6.45) is 4.21. The Morgan fingerprint density at radius 2 is 2.10 bits per heavy atom. The third-order valence-electron chi connectivity index (χ3n) is 4.18. The Balaban J connectivity index is 1.93. The number of rotatable bonds is 4. The van der Waals surface area contributed by atoms with Crippen molar-refractivity contribution in [3.05, 3.63) is 29.6 Å². The van der Waals surface area contributed by atoms with Gasteiger partial charge < -0.3 is 15.0 Å². The zero-order valence-electron chi connectivity index (χ0n) is 12.6. The monoisotopic (exact) mass is 287 g/mol. The number of aromatic nitrogens is 2. The predicted molar refractivity (Wildman–Crippen MR) is 80.7 cm³/mol. The molecule has 1 heterocycles. The Hall–Kier alpha value is -1.88. The standard InChI is InChI=1S/C16H21N3O2/c1-3-20-16(8-4-5-9-16)15-18-14(21-19-15)12-6-7-13(17)11(2)10-12/h6-7,10H,3-5,8-9,17H2,1-2H3. The summed E-state index contributed by atoms with van der Waals surface area (Å²) in [4.78, 5) is 4.58. The molecule has 1 aliphatic carbocycles. The molecule has 5 nitrogen and oxygen atoms in total. The zero-order chi connectivity index (χ0) is 14.9. The second-order valence-electron chi connectivity index (χ2n) is 5.63. The van der Waals surface area contributed by atoms with Gasteiger partial charge in [0.05, 0.1) is 0 Å². The molecule has 2 N–H and O–H groups in total. The summed E-state index contributed by atoms with van der Waals surface area (Å²) < 4.78 is 11.4. The highest BCUT2D eigenvalue weighted by Crippen LogP contribution is 2.41. The van der Waals surface area contributed by atoms with Gasteiger partial charge in [-0.05, 0) is 63.3 Å². The van der Waals surface area contributed by atoms with Crippen molar-refractivity contribution in [3.8, 4) is 11.5 Å². The number of anilines is 1. The molecule has 0 saturated heterocycles. The molecule has 0 atom stereocenters. The lowest BCUT2D eigenvalue weighted by atomic mass is 10.0. The molecule has 1 aliphatic rings. The highest BCUT2D eigenvalue weighted by molar-refractivity contribution is 5.60. The molecular weight excluding hydrogens is 266 g/mol.